The second-order valence-corrected chi connectivity index (χ2v) is 4.82. The van der Waals surface area contributed by atoms with Gasteiger partial charge in [-0.15, -0.1) is 5.10 Å². The van der Waals surface area contributed by atoms with E-state index in [2.05, 4.69) is 15.3 Å². The molecule has 0 saturated carbocycles. The Morgan fingerprint density at radius 2 is 2.10 bits per heavy atom. The molecule has 0 spiro atoms. The van der Waals surface area contributed by atoms with Crippen LogP contribution >= 0.6 is 0 Å². The maximum Gasteiger partial charge on any atom is 0.305 e. The second-order valence-electron chi connectivity index (χ2n) is 4.82. The number of esters is 1. The number of aromatic nitrogens is 2. The molecule has 0 aromatic carbocycles. The molecule has 1 atom stereocenters. The zero-order valence-corrected chi connectivity index (χ0v) is 12.4. The molecule has 0 aliphatic carbocycles. The van der Waals surface area contributed by atoms with Crippen molar-refractivity contribution < 1.29 is 14.3 Å². The highest BCUT2D eigenvalue weighted by atomic mass is 16.5. The molecule has 112 valence electrons. The van der Waals surface area contributed by atoms with Gasteiger partial charge in [-0.25, -0.2) is 0 Å². The topological polar surface area (TPSA) is 84.8 Å². The largest absolute Gasteiger partial charge is 0.466 e. The number of amides is 1. The van der Waals surface area contributed by atoms with Crippen molar-refractivity contribution in [2.75, 3.05) is 11.6 Å². The lowest BCUT2D eigenvalue weighted by Crippen LogP contribution is -2.28. The molecule has 7 nitrogen and oxygen atoms in total. The maximum atomic E-state index is 12.4. The predicted molar refractivity (Wildman–Crippen MR) is 76.7 cm³/mol. The average Bonchev–Trinajstić information content (AvgIpc) is 2.73. The Morgan fingerprint density at radius 1 is 1.33 bits per heavy atom. The zero-order valence-electron chi connectivity index (χ0n) is 12.4. The summed E-state index contributed by atoms with van der Waals surface area (Å²) >= 11 is 0. The molecule has 2 rings (SSSR count). The predicted octanol–water partition coefficient (Wildman–Crippen LogP) is 1.47. The molecular formula is C14H18N4O3. The van der Waals surface area contributed by atoms with E-state index in [1.54, 1.807) is 26.0 Å². The van der Waals surface area contributed by atoms with Crippen LogP contribution in [-0.2, 0) is 14.3 Å². The third kappa shape index (κ3) is 3.42. The minimum Gasteiger partial charge on any atom is -0.466 e. The van der Waals surface area contributed by atoms with Crippen LogP contribution in [0.15, 0.2) is 17.2 Å². The lowest BCUT2D eigenvalue weighted by molar-refractivity contribution is -0.143. The smallest absolute Gasteiger partial charge is 0.305 e. The van der Waals surface area contributed by atoms with Crippen LogP contribution < -0.4 is 5.01 Å². The summed E-state index contributed by atoms with van der Waals surface area (Å²) in [6, 6.07) is 3.47. The van der Waals surface area contributed by atoms with E-state index in [0.29, 0.717) is 24.6 Å². The summed E-state index contributed by atoms with van der Waals surface area (Å²) in [5.74, 6) is -0.497. The summed E-state index contributed by atoms with van der Waals surface area (Å²) in [7, 11) is 0. The normalized spacial score (nSPS) is 17.9. The first kappa shape index (κ1) is 15.1. The number of hydrogen-bond acceptors (Lipinski definition) is 6. The lowest BCUT2D eigenvalue weighted by Gasteiger charge is -2.12. The zero-order chi connectivity index (χ0) is 15.4. The third-order valence-electron chi connectivity index (χ3n) is 3.21. The number of rotatable bonds is 5. The van der Waals surface area contributed by atoms with Gasteiger partial charge in [0.05, 0.1) is 18.2 Å². The van der Waals surface area contributed by atoms with Crippen molar-refractivity contribution in [3.8, 4) is 0 Å². The molecule has 1 unspecified atom stereocenters. The fourth-order valence-electron chi connectivity index (χ4n) is 2.10. The van der Waals surface area contributed by atoms with E-state index >= 15 is 0 Å². The van der Waals surface area contributed by atoms with Crippen LogP contribution in [0.4, 0.5) is 5.82 Å². The van der Waals surface area contributed by atoms with E-state index in [1.807, 2.05) is 6.92 Å². The molecule has 0 radical (unpaired) electrons. The van der Waals surface area contributed by atoms with Gasteiger partial charge in [0.25, 0.3) is 5.91 Å². The minimum atomic E-state index is -0.405. The van der Waals surface area contributed by atoms with Crippen LogP contribution in [0.2, 0.25) is 0 Å². The van der Waals surface area contributed by atoms with Crippen LogP contribution in [0.25, 0.3) is 0 Å². The van der Waals surface area contributed by atoms with Gasteiger partial charge in [0.15, 0.2) is 5.82 Å². The highest BCUT2D eigenvalue weighted by Crippen LogP contribution is 2.24. The first-order valence-corrected chi connectivity index (χ1v) is 6.88. The van der Waals surface area contributed by atoms with Crippen molar-refractivity contribution in [2.45, 2.75) is 33.6 Å². The standard InChI is InChI=1S/C14H18N4O3/c1-4-21-13(19)8-6-11-10(3)17-18(14(11)20)12-7-5-9(2)15-16-12/h5,7,11H,4,6,8H2,1-3H3. The van der Waals surface area contributed by atoms with E-state index in [-0.39, 0.29) is 18.3 Å². The molecule has 0 fully saturated rings. The van der Waals surface area contributed by atoms with Crippen molar-refractivity contribution in [2.24, 2.45) is 11.0 Å². The molecule has 21 heavy (non-hydrogen) atoms. The number of aryl methyl sites for hydroxylation is 1. The van der Waals surface area contributed by atoms with Crippen LogP contribution in [-0.4, -0.2) is 34.4 Å². The number of hydrazone groups is 1. The second kappa shape index (κ2) is 6.43. The molecular weight excluding hydrogens is 272 g/mol. The number of nitrogens with zero attached hydrogens (tertiary/aromatic N) is 4. The average molecular weight is 290 g/mol. The Labute approximate surface area is 123 Å². The van der Waals surface area contributed by atoms with Gasteiger partial charge in [0.2, 0.25) is 0 Å². The number of hydrogen-bond donors (Lipinski definition) is 0. The van der Waals surface area contributed by atoms with Gasteiger partial charge in [-0.3, -0.25) is 9.59 Å². The molecule has 0 saturated heterocycles. The van der Waals surface area contributed by atoms with Crippen molar-refractivity contribution >= 4 is 23.4 Å². The number of carbonyl (C=O) groups excluding carboxylic acids is 2. The van der Waals surface area contributed by atoms with E-state index in [9.17, 15) is 9.59 Å². The Hall–Kier alpha value is -2.31. The number of anilines is 1. The molecule has 1 aliphatic rings. The van der Waals surface area contributed by atoms with Crippen molar-refractivity contribution in [1.82, 2.24) is 10.2 Å². The lowest BCUT2D eigenvalue weighted by atomic mass is 9.98. The van der Waals surface area contributed by atoms with Crippen molar-refractivity contribution in [3.05, 3.63) is 17.8 Å². The Kier molecular flexibility index (Phi) is 4.62. The molecule has 7 heteroatoms. The fourth-order valence-corrected chi connectivity index (χ4v) is 2.10. The molecule has 2 heterocycles. The monoisotopic (exact) mass is 290 g/mol. The molecule has 0 N–H and O–H groups in total. The van der Waals surface area contributed by atoms with Crippen molar-refractivity contribution in [1.29, 1.82) is 0 Å². The first-order chi connectivity index (χ1) is 10.0. The highest BCUT2D eigenvalue weighted by Gasteiger charge is 2.35. The summed E-state index contributed by atoms with van der Waals surface area (Å²) in [5, 5.41) is 13.3. The molecule has 1 aliphatic heterocycles. The van der Waals surface area contributed by atoms with Gasteiger partial charge >= 0.3 is 5.97 Å². The highest BCUT2D eigenvalue weighted by molar-refractivity contribution is 6.14. The Morgan fingerprint density at radius 3 is 2.71 bits per heavy atom. The van der Waals surface area contributed by atoms with Crippen LogP contribution in [0, 0.1) is 12.8 Å². The molecule has 1 aromatic rings. The summed E-state index contributed by atoms with van der Waals surface area (Å²) in [6.45, 7) is 5.69. The number of ether oxygens (including phenoxy) is 1. The number of carbonyl (C=O) groups is 2. The Balaban J connectivity index is 2.04. The molecule has 0 bridgehead atoms. The Bertz CT molecular complexity index is 568. The molecule has 1 amide bonds. The van der Waals surface area contributed by atoms with Gasteiger partial charge in [-0.1, -0.05) is 0 Å². The summed E-state index contributed by atoms with van der Waals surface area (Å²) < 4.78 is 4.87. The molecule has 1 aromatic heterocycles. The van der Waals surface area contributed by atoms with Gasteiger partial charge in [-0.2, -0.15) is 15.2 Å². The minimum absolute atomic E-state index is 0.185. The SMILES string of the molecule is CCOC(=O)CCC1C(=O)N(c2ccc(C)nn2)N=C1C. The first-order valence-electron chi connectivity index (χ1n) is 6.88. The van der Waals surface area contributed by atoms with E-state index < -0.39 is 5.92 Å². The van der Waals surface area contributed by atoms with Gasteiger partial charge in [-0.05, 0) is 39.3 Å². The summed E-state index contributed by atoms with van der Waals surface area (Å²) in [4.78, 5) is 23.8. The fraction of sp³-hybridized carbons (Fsp3) is 0.500. The summed E-state index contributed by atoms with van der Waals surface area (Å²) in [5.41, 5.74) is 1.44. The van der Waals surface area contributed by atoms with E-state index in [1.165, 1.54) is 5.01 Å². The van der Waals surface area contributed by atoms with Crippen molar-refractivity contribution in [3.63, 3.8) is 0 Å². The third-order valence-corrected chi connectivity index (χ3v) is 3.21. The van der Waals surface area contributed by atoms with Gasteiger partial charge in [0, 0.05) is 12.1 Å². The maximum absolute atomic E-state index is 12.4. The van der Waals surface area contributed by atoms with Crippen LogP contribution in [0.1, 0.15) is 32.4 Å². The quantitative estimate of drug-likeness (QED) is 0.767. The van der Waals surface area contributed by atoms with Crippen LogP contribution in [0.5, 0.6) is 0 Å². The summed E-state index contributed by atoms with van der Waals surface area (Å²) in [6.07, 6.45) is 0.591. The van der Waals surface area contributed by atoms with Crippen LogP contribution in [0.3, 0.4) is 0 Å². The van der Waals surface area contributed by atoms with E-state index in [0.717, 1.165) is 5.69 Å². The van der Waals surface area contributed by atoms with E-state index in [4.69, 9.17) is 4.74 Å². The van der Waals surface area contributed by atoms with Gasteiger partial charge < -0.3 is 4.74 Å². The van der Waals surface area contributed by atoms with Gasteiger partial charge in [0.1, 0.15) is 0 Å².